The standard InChI is InChI=1S/C12H19P.B/c1-12(2,3)13(4)10-11-8-6-5-7-9-11;/h5-9H,10H2,1-4H3;/t13-;/m1./s1. The van der Waals surface area contributed by atoms with E-state index >= 15 is 0 Å². The average molecular weight is 205 g/mol. The van der Waals surface area contributed by atoms with E-state index in [1.165, 1.54) is 11.7 Å². The Labute approximate surface area is 91.4 Å². The molecule has 0 spiro atoms. The van der Waals surface area contributed by atoms with Gasteiger partial charge in [0.05, 0.1) is 0 Å². The van der Waals surface area contributed by atoms with E-state index in [2.05, 4.69) is 57.8 Å². The molecular formula is C12H19BP. The molecular weight excluding hydrogens is 186 g/mol. The summed E-state index contributed by atoms with van der Waals surface area (Å²) in [4.78, 5) is 0. The molecule has 1 atom stereocenters. The van der Waals surface area contributed by atoms with Gasteiger partial charge < -0.3 is 0 Å². The summed E-state index contributed by atoms with van der Waals surface area (Å²) in [5, 5.41) is 0.477. The van der Waals surface area contributed by atoms with Crippen molar-refractivity contribution in [2.75, 3.05) is 6.66 Å². The summed E-state index contributed by atoms with van der Waals surface area (Å²) in [5.41, 5.74) is 1.48. The monoisotopic (exact) mass is 205 g/mol. The second-order valence-electron chi connectivity index (χ2n) is 4.51. The van der Waals surface area contributed by atoms with Crippen molar-refractivity contribution >= 4 is 16.3 Å². The fraction of sp³-hybridized carbons (Fsp3) is 0.500. The maximum atomic E-state index is 2.39. The van der Waals surface area contributed by atoms with Gasteiger partial charge in [-0.05, 0) is 23.5 Å². The molecule has 3 radical (unpaired) electrons. The van der Waals surface area contributed by atoms with Crippen molar-refractivity contribution in [2.45, 2.75) is 32.1 Å². The van der Waals surface area contributed by atoms with Gasteiger partial charge in [-0.1, -0.05) is 59.0 Å². The third-order valence-corrected chi connectivity index (χ3v) is 5.54. The topological polar surface area (TPSA) is 0 Å². The van der Waals surface area contributed by atoms with Gasteiger partial charge in [-0.2, -0.15) is 0 Å². The zero-order valence-electron chi connectivity index (χ0n) is 9.62. The van der Waals surface area contributed by atoms with Crippen molar-refractivity contribution in [1.82, 2.24) is 0 Å². The van der Waals surface area contributed by atoms with Crippen LogP contribution in [0.3, 0.4) is 0 Å². The zero-order valence-corrected chi connectivity index (χ0v) is 10.5. The fourth-order valence-corrected chi connectivity index (χ4v) is 2.33. The highest BCUT2D eigenvalue weighted by Crippen LogP contribution is 2.48. The van der Waals surface area contributed by atoms with Gasteiger partial charge in [0.1, 0.15) is 0 Å². The van der Waals surface area contributed by atoms with Crippen LogP contribution in [0.25, 0.3) is 0 Å². The first-order valence-electron chi connectivity index (χ1n) is 4.75. The SMILES string of the molecule is C[P@](Cc1ccccc1)C(C)(C)C.[B]. The van der Waals surface area contributed by atoms with Crippen molar-refractivity contribution in [1.29, 1.82) is 0 Å². The molecule has 0 saturated carbocycles. The van der Waals surface area contributed by atoms with Gasteiger partial charge in [0.25, 0.3) is 0 Å². The van der Waals surface area contributed by atoms with Crippen LogP contribution in [-0.4, -0.2) is 20.2 Å². The lowest BCUT2D eigenvalue weighted by Crippen LogP contribution is -2.11. The van der Waals surface area contributed by atoms with Crippen LogP contribution < -0.4 is 0 Å². The van der Waals surface area contributed by atoms with Crippen LogP contribution in [0.5, 0.6) is 0 Å². The minimum Gasteiger partial charge on any atom is -0.0999 e. The van der Waals surface area contributed by atoms with Crippen molar-refractivity contribution < 1.29 is 0 Å². The van der Waals surface area contributed by atoms with E-state index in [1.807, 2.05) is 0 Å². The van der Waals surface area contributed by atoms with Gasteiger partial charge in [0, 0.05) is 8.41 Å². The van der Waals surface area contributed by atoms with Crippen molar-refractivity contribution in [3.05, 3.63) is 35.9 Å². The number of hydrogen-bond acceptors (Lipinski definition) is 0. The maximum Gasteiger partial charge on any atom is 0 e. The molecule has 2 heteroatoms. The van der Waals surface area contributed by atoms with Crippen LogP contribution in [0.15, 0.2) is 30.3 Å². The Morgan fingerprint density at radius 1 is 1.07 bits per heavy atom. The molecule has 1 aromatic rings. The van der Waals surface area contributed by atoms with Crippen LogP contribution in [-0.2, 0) is 6.16 Å². The summed E-state index contributed by atoms with van der Waals surface area (Å²) >= 11 is 0. The fourth-order valence-electron chi connectivity index (χ4n) is 1.09. The predicted molar refractivity (Wildman–Crippen MR) is 68.5 cm³/mol. The van der Waals surface area contributed by atoms with Gasteiger partial charge in [-0.15, -0.1) is 0 Å². The highest BCUT2D eigenvalue weighted by atomic mass is 31.1. The summed E-state index contributed by atoms with van der Waals surface area (Å²) < 4.78 is 0. The van der Waals surface area contributed by atoms with Gasteiger partial charge >= 0.3 is 0 Å². The van der Waals surface area contributed by atoms with Crippen LogP contribution in [0.2, 0.25) is 0 Å². The minimum atomic E-state index is 0. The van der Waals surface area contributed by atoms with Crippen molar-refractivity contribution in [2.24, 2.45) is 0 Å². The number of hydrogen-bond donors (Lipinski definition) is 0. The smallest absolute Gasteiger partial charge is 0 e. The summed E-state index contributed by atoms with van der Waals surface area (Å²) in [6.45, 7) is 9.40. The molecule has 14 heavy (non-hydrogen) atoms. The van der Waals surface area contributed by atoms with Crippen LogP contribution >= 0.6 is 7.92 Å². The lowest BCUT2D eigenvalue weighted by molar-refractivity contribution is 0.782. The van der Waals surface area contributed by atoms with E-state index in [0.29, 0.717) is 5.16 Å². The molecule has 0 amide bonds. The van der Waals surface area contributed by atoms with E-state index in [1.54, 1.807) is 0 Å². The molecule has 0 N–H and O–H groups in total. The third-order valence-electron chi connectivity index (χ3n) is 2.41. The molecule has 1 aromatic carbocycles. The molecule has 0 bridgehead atoms. The molecule has 0 aliphatic carbocycles. The molecule has 0 nitrogen and oxygen atoms in total. The Balaban J connectivity index is 0.00000169. The lowest BCUT2D eigenvalue weighted by Gasteiger charge is -2.27. The quantitative estimate of drug-likeness (QED) is 0.509. The van der Waals surface area contributed by atoms with Gasteiger partial charge in [-0.25, -0.2) is 0 Å². The molecule has 0 aliphatic rings. The summed E-state index contributed by atoms with van der Waals surface area (Å²) in [5.74, 6) is 0. The highest BCUT2D eigenvalue weighted by molar-refractivity contribution is 7.57. The second kappa shape index (κ2) is 5.56. The van der Waals surface area contributed by atoms with E-state index in [9.17, 15) is 0 Å². The van der Waals surface area contributed by atoms with Crippen molar-refractivity contribution in [3.63, 3.8) is 0 Å². The molecule has 0 aliphatic heterocycles. The predicted octanol–water partition coefficient (Wildman–Crippen LogP) is 3.72. The molecule has 0 saturated heterocycles. The molecule has 75 valence electrons. The van der Waals surface area contributed by atoms with E-state index in [4.69, 9.17) is 0 Å². The second-order valence-corrected chi connectivity index (χ2v) is 7.57. The van der Waals surface area contributed by atoms with Crippen LogP contribution in [0.1, 0.15) is 26.3 Å². The maximum absolute atomic E-state index is 2.39. The summed E-state index contributed by atoms with van der Waals surface area (Å²) in [6, 6.07) is 10.8. The van der Waals surface area contributed by atoms with Gasteiger partial charge in [0.15, 0.2) is 0 Å². The first kappa shape index (κ1) is 13.7. The van der Waals surface area contributed by atoms with Crippen LogP contribution in [0.4, 0.5) is 0 Å². The molecule has 0 aromatic heterocycles. The summed E-state index contributed by atoms with van der Waals surface area (Å²) in [6.07, 6.45) is 1.25. The minimum absolute atomic E-state index is 0. The van der Waals surface area contributed by atoms with Crippen molar-refractivity contribution in [3.8, 4) is 0 Å². The average Bonchev–Trinajstić information content (AvgIpc) is 2.04. The highest BCUT2D eigenvalue weighted by Gasteiger charge is 2.18. The first-order chi connectivity index (χ1) is 6.00. The third kappa shape index (κ3) is 4.29. The normalized spacial score (nSPS) is 13.1. The van der Waals surface area contributed by atoms with Gasteiger partial charge in [-0.3, -0.25) is 0 Å². The Bertz CT molecular complexity index is 251. The lowest BCUT2D eigenvalue weighted by atomic mass is 10.2. The molecule has 1 rings (SSSR count). The van der Waals surface area contributed by atoms with E-state index < -0.39 is 0 Å². The molecule has 0 fully saturated rings. The largest absolute Gasteiger partial charge is 0.0999 e. The number of benzene rings is 1. The molecule has 0 heterocycles. The Kier molecular flexibility index (Phi) is 5.45. The first-order valence-corrected chi connectivity index (χ1v) is 6.73. The Morgan fingerprint density at radius 2 is 1.57 bits per heavy atom. The molecule has 0 unspecified atom stereocenters. The Hall–Kier alpha value is -0.285. The Morgan fingerprint density at radius 3 is 2.00 bits per heavy atom. The zero-order chi connectivity index (χ0) is 9.90. The van der Waals surface area contributed by atoms with Gasteiger partial charge in [0.2, 0.25) is 0 Å². The van der Waals surface area contributed by atoms with Crippen LogP contribution in [0, 0.1) is 0 Å². The summed E-state index contributed by atoms with van der Waals surface area (Å²) in [7, 11) is 0.102. The van der Waals surface area contributed by atoms with E-state index in [-0.39, 0.29) is 16.3 Å². The number of rotatable bonds is 2. The van der Waals surface area contributed by atoms with E-state index in [0.717, 1.165) is 0 Å².